The van der Waals surface area contributed by atoms with Gasteiger partial charge in [-0.2, -0.15) is 0 Å². The van der Waals surface area contributed by atoms with Gasteiger partial charge in [-0.25, -0.2) is 0 Å². The van der Waals surface area contributed by atoms with E-state index < -0.39 is 30.4 Å². The summed E-state index contributed by atoms with van der Waals surface area (Å²) >= 11 is 0. The van der Waals surface area contributed by atoms with Crippen molar-refractivity contribution in [2.45, 2.75) is 44.2 Å². The highest BCUT2D eigenvalue weighted by Crippen LogP contribution is 2.41. The van der Waals surface area contributed by atoms with Crippen LogP contribution in [-0.2, 0) is 19.0 Å². The average Bonchev–Trinajstić information content (AvgIpc) is 2.78. The molecule has 0 bridgehead atoms. The lowest BCUT2D eigenvalue weighted by Crippen LogP contribution is -2.43. The Morgan fingerprint density at radius 1 is 1.10 bits per heavy atom. The van der Waals surface area contributed by atoms with Gasteiger partial charge in [0.1, 0.15) is 12.2 Å². The quantitative estimate of drug-likeness (QED) is 0.898. The van der Waals surface area contributed by atoms with Crippen LogP contribution < -0.4 is 0 Å². The van der Waals surface area contributed by atoms with Gasteiger partial charge in [-0.05, 0) is 31.6 Å². The zero-order valence-electron chi connectivity index (χ0n) is 11.9. The highest BCUT2D eigenvalue weighted by molar-refractivity contribution is 5.94. The largest absolute Gasteiger partial charge is 0.365 e. The molecule has 112 valence electrons. The first kappa shape index (κ1) is 14.4. The van der Waals surface area contributed by atoms with E-state index in [1.165, 1.54) is 12.2 Å². The molecular weight excluding hydrogens is 272 g/mol. The Labute approximate surface area is 123 Å². The number of carbonyl (C=O) groups is 1. The van der Waals surface area contributed by atoms with Crippen molar-refractivity contribution in [1.29, 1.82) is 0 Å². The molecule has 5 nitrogen and oxygen atoms in total. The summed E-state index contributed by atoms with van der Waals surface area (Å²) in [6.07, 6.45) is -0.357. The first-order chi connectivity index (χ1) is 9.96. The van der Waals surface area contributed by atoms with Gasteiger partial charge in [0.05, 0.1) is 0 Å². The summed E-state index contributed by atoms with van der Waals surface area (Å²) in [6, 6.07) is 9.55. The average molecular weight is 290 g/mol. The standard InChI is InChI=1S/C16H18O5/c1-16(2)20-13(10-6-4-3-5-7-10)15(21-16)14-11(17)8-9-12(18)19-14/h3-9,12-15,18H,1-2H3/t12-,13-,14+,15+/m0/s1. The molecule has 0 amide bonds. The molecule has 0 spiro atoms. The van der Waals surface area contributed by atoms with Crippen LogP contribution in [-0.4, -0.2) is 35.2 Å². The van der Waals surface area contributed by atoms with E-state index in [1.54, 1.807) is 13.8 Å². The van der Waals surface area contributed by atoms with E-state index in [-0.39, 0.29) is 5.78 Å². The van der Waals surface area contributed by atoms with E-state index in [0.717, 1.165) is 5.56 Å². The van der Waals surface area contributed by atoms with Gasteiger partial charge in [0.2, 0.25) is 0 Å². The van der Waals surface area contributed by atoms with E-state index in [9.17, 15) is 9.90 Å². The number of aliphatic hydroxyl groups excluding tert-OH is 1. The van der Waals surface area contributed by atoms with Crippen LogP contribution >= 0.6 is 0 Å². The molecule has 21 heavy (non-hydrogen) atoms. The fourth-order valence-electron chi connectivity index (χ4n) is 2.69. The molecule has 1 N–H and O–H groups in total. The van der Waals surface area contributed by atoms with E-state index in [1.807, 2.05) is 30.3 Å². The maximum Gasteiger partial charge on any atom is 0.187 e. The van der Waals surface area contributed by atoms with Crippen molar-refractivity contribution in [3.63, 3.8) is 0 Å². The molecule has 2 aliphatic heterocycles. The van der Waals surface area contributed by atoms with Crippen LogP contribution in [0.5, 0.6) is 0 Å². The highest BCUT2D eigenvalue weighted by atomic mass is 16.8. The minimum atomic E-state index is -1.10. The molecule has 1 aromatic carbocycles. The number of benzene rings is 1. The van der Waals surface area contributed by atoms with Crippen molar-refractivity contribution in [2.75, 3.05) is 0 Å². The molecule has 1 aromatic rings. The zero-order valence-corrected chi connectivity index (χ0v) is 11.9. The smallest absolute Gasteiger partial charge is 0.187 e. The summed E-state index contributed by atoms with van der Waals surface area (Å²) in [5.74, 6) is -1.05. The number of rotatable bonds is 2. The van der Waals surface area contributed by atoms with E-state index in [2.05, 4.69) is 0 Å². The van der Waals surface area contributed by atoms with Crippen molar-refractivity contribution < 1.29 is 24.1 Å². The van der Waals surface area contributed by atoms with Crippen LogP contribution in [0.25, 0.3) is 0 Å². The van der Waals surface area contributed by atoms with Gasteiger partial charge in [0.15, 0.2) is 24.0 Å². The topological polar surface area (TPSA) is 65.0 Å². The maximum absolute atomic E-state index is 12.1. The molecule has 0 saturated carbocycles. The highest BCUT2D eigenvalue weighted by Gasteiger charge is 2.49. The maximum atomic E-state index is 12.1. The first-order valence-corrected chi connectivity index (χ1v) is 6.92. The van der Waals surface area contributed by atoms with Crippen molar-refractivity contribution in [3.05, 3.63) is 48.0 Å². The van der Waals surface area contributed by atoms with Gasteiger partial charge in [0.25, 0.3) is 0 Å². The molecule has 5 heteroatoms. The third kappa shape index (κ3) is 2.91. The summed E-state index contributed by atoms with van der Waals surface area (Å²) in [6.45, 7) is 3.59. The molecule has 0 aromatic heterocycles. The fraction of sp³-hybridized carbons (Fsp3) is 0.438. The van der Waals surface area contributed by atoms with Crippen molar-refractivity contribution in [1.82, 2.24) is 0 Å². The Balaban J connectivity index is 1.91. The molecule has 1 fully saturated rings. The second kappa shape index (κ2) is 5.35. The van der Waals surface area contributed by atoms with Crippen LogP contribution in [0.4, 0.5) is 0 Å². The molecule has 4 atom stereocenters. The van der Waals surface area contributed by atoms with Crippen LogP contribution in [0, 0.1) is 0 Å². The van der Waals surface area contributed by atoms with Crippen molar-refractivity contribution in [2.24, 2.45) is 0 Å². The van der Waals surface area contributed by atoms with Crippen molar-refractivity contribution >= 4 is 5.78 Å². The number of carbonyl (C=O) groups excluding carboxylic acids is 1. The summed E-state index contributed by atoms with van der Waals surface area (Å²) < 4.78 is 17.1. The second-order valence-corrected chi connectivity index (χ2v) is 5.64. The van der Waals surface area contributed by atoms with Crippen LogP contribution in [0.2, 0.25) is 0 Å². The lowest BCUT2D eigenvalue weighted by molar-refractivity contribution is -0.185. The van der Waals surface area contributed by atoms with Crippen LogP contribution in [0.15, 0.2) is 42.5 Å². The molecule has 0 unspecified atom stereocenters. The molecule has 1 saturated heterocycles. The van der Waals surface area contributed by atoms with Gasteiger partial charge in [-0.15, -0.1) is 0 Å². The van der Waals surface area contributed by atoms with Crippen LogP contribution in [0.3, 0.4) is 0 Å². The molecule has 2 aliphatic rings. The van der Waals surface area contributed by atoms with Crippen molar-refractivity contribution in [3.8, 4) is 0 Å². The van der Waals surface area contributed by atoms with E-state index in [0.29, 0.717) is 0 Å². The summed E-state index contributed by atoms with van der Waals surface area (Å²) in [7, 11) is 0. The Morgan fingerprint density at radius 2 is 1.81 bits per heavy atom. The predicted octanol–water partition coefficient (Wildman–Crippen LogP) is 1.72. The first-order valence-electron chi connectivity index (χ1n) is 6.92. The minimum Gasteiger partial charge on any atom is -0.365 e. The minimum absolute atomic E-state index is 0.229. The third-order valence-corrected chi connectivity index (χ3v) is 3.55. The number of hydrogen-bond donors (Lipinski definition) is 1. The SMILES string of the molecule is CC1(C)O[C@@H]([C@@H]2O[C@H](O)C=CC2=O)[C@H](c2ccccc2)O1. The van der Waals surface area contributed by atoms with Gasteiger partial charge in [0, 0.05) is 0 Å². The van der Waals surface area contributed by atoms with Gasteiger partial charge < -0.3 is 19.3 Å². The normalized spacial score (nSPS) is 35.1. The molecular formula is C16H18O5. The second-order valence-electron chi connectivity index (χ2n) is 5.64. The number of hydrogen-bond acceptors (Lipinski definition) is 5. The lowest BCUT2D eigenvalue weighted by atomic mass is 9.97. The Bertz CT molecular complexity index is 551. The molecule has 2 heterocycles. The predicted molar refractivity (Wildman–Crippen MR) is 74.2 cm³/mol. The Morgan fingerprint density at radius 3 is 2.52 bits per heavy atom. The number of ether oxygens (including phenoxy) is 3. The van der Waals surface area contributed by atoms with Gasteiger partial charge in [-0.3, -0.25) is 4.79 Å². The van der Waals surface area contributed by atoms with E-state index >= 15 is 0 Å². The summed E-state index contributed by atoms with van der Waals surface area (Å²) in [5.41, 5.74) is 0.911. The summed E-state index contributed by atoms with van der Waals surface area (Å²) in [5, 5.41) is 9.59. The summed E-state index contributed by atoms with van der Waals surface area (Å²) in [4.78, 5) is 12.1. The number of aliphatic hydroxyl groups is 1. The van der Waals surface area contributed by atoms with Crippen LogP contribution in [0.1, 0.15) is 25.5 Å². The molecule has 0 aliphatic carbocycles. The fourth-order valence-corrected chi connectivity index (χ4v) is 2.69. The molecule has 0 radical (unpaired) electrons. The Kier molecular flexibility index (Phi) is 3.67. The molecule has 3 rings (SSSR count). The third-order valence-electron chi connectivity index (χ3n) is 3.55. The van der Waals surface area contributed by atoms with Gasteiger partial charge in [-0.1, -0.05) is 30.3 Å². The van der Waals surface area contributed by atoms with Gasteiger partial charge >= 0.3 is 0 Å². The zero-order chi connectivity index (χ0) is 15.0. The van der Waals surface area contributed by atoms with E-state index in [4.69, 9.17) is 14.2 Å². The Hall–Kier alpha value is -1.53. The lowest BCUT2D eigenvalue weighted by Gasteiger charge is -2.28. The monoisotopic (exact) mass is 290 g/mol. The number of ketones is 1.